The van der Waals surface area contributed by atoms with Crippen LogP contribution in [0.5, 0.6) is 0 Å². The number of hydrazine groups is 2. The maximum absolute atomic E-state index is 5.70. The maximum Gasteiger partial charge on any atom is 0.0969 e. The summed E-state index contributed by atoms with van der Waals surface area (Å²) in [7, 11) is 0. The Balaban J connectivity index is 2.51. The molecule has 3 nitrogen and oxygen atoms in total. The molecule has 0 unspecified atom stereocenters. The predicted octanol–water partition coefficient (Wildman–Crippen LogP) is 1.49. The second-order valence-electron chi connectivity index (χ2n) is 2.03. The van der Waals surface area contributed by atoms with Crippen LogP contribution in [0.1, 0.15) is 0 Å². The van der Waals surface area contributed by atoms with Crippen molar-refractivity contribution in [1.82, 2.24) is 5.53 Å². The number of hydrogen-bond acceptors (Lipinski definition) is 3. The van der Waals surface area contributed by atoms with Crippen LogP contribution >= 0.6 is 11.8 Å². The summed E-state index contributed by atoms with van der Waals surface area (Å²) in [6, 6.07) is 7.76. The van der Waals surface area contributed by atoms with E-state index < -0.39 is 0 Å². The van der Waals surface area contributed by atoms with Crippen LogP contribution in [0.2, 0.25) is 0 Å². The van der Waals surface area contributed by atoms with Gasteiger partial charge in [0.15, 0.2) is 0 Å². The molecule has 0 spiro atoms. The van der Waals surface area contributed by atoms with Crippen LogP contribution in [-0.2, 0) is 0 Å². The molecule has 0 aliphatic carbocycles. The highest BCUT2D eigenvalue weighted by molar-refractivity contribution is 6.26. The number of para-hydroxylation sites is 2. The van der Waals surface area contributed by atoms with Gasteiger partial charge in [0.2, 0.25) is 0 Å². The molecular weight excluding hydrogens is 150 g/mol. The summed E-state index contributed by atoms with van der Waals surface area (Å²) in [5.74, 6) is 0. The summed E-state index contributed by atoms with van der Waals surface area (Å²) in [6.45, 7) is 0. The highest BCUT2D eigenvalue weighted by Crippen LogP contribution is 2.28. The number of anilines is 2. The standard InChI is InChI=1S/C6H6ClN3/c7-10-6-4-2-1-3-5(6)8-9-10/h1-4,8-9H. The Hall–Kier alpha value is -0.930. The van der Waals surface area contributed by atoms with Crippen LogP contribution in [0.3, 0.4) is 0 Å². The van der Waals surface area contributed by atoms with E-state index in [0.29, 0.717) is 0 Å². The SMILES string of the molecule is ClN1NNc2ccccc21. The number of rotatable bonds is 0. The number of fused-ring (bicyclic) bond motifs is 1. The fourth-order valence-electron chi connectivity index (χ4n) is 0.920. The molecule has 10 heavy (non-hydrogen) atoms. The molecule has 0 radical (unpaired) electrons. The van der Waals surface area contributed by atoms with Gasteiger partial charge in [-0.1, -0.05) is 12.1 Å². The quantitative estimate of drug-likeness (QED) is 0.556. The fraction of sp³-hybridized carbons (Fsp3) is 0. The first-order chi connectivity index (χ1) is 4.88. The monoisotopic (exact) mass is 155 g/mol. The number of halogens is 1. The van der Waals surface area contributed by atoms with Gasteiger partial charge in [-0.3, -0.25) is 0 Å². The van der Waals surface area contributed by atoms with Crippen LogP contribution < -0.4 is 15.5 Å². The Kier molecular flexibility index (Phi) is 1.19. The van der Waals surface area contributed by atoms with Crippen molar-refractivity contribution in [3.8, 4) is 0 Å². The lowest BCUT2D eigenvalue weighted by molar-refractivity contribution is 0.918. The normalized spacial score (nSPS) is 14.7. The molecule has 0 aromatic heterocycles. The van der Waals surface area contributed by atoms with Gasteiger partial charge in [-0.2, -0.15) is 4.53 Å². The van der Waals surface area contributed by atoms with Gasteiger partial charge in [-0.15, -0.1) is 5.53 Å². The van der Waals surface area contributed by atoms with Crippen molar-refractivity contribution in [3.05, 3.63) is 24.3 Å². The molecule has 52 valence electrons. The zero-order valence-electron chi connectivity index (χ0n) is 5.13. The molecule has 4 heteroatoms. The predicted molar refractivity (Wildman–Crippen MR) is 41.5 cm³/mol. The van der Waals surface area contributed by atoms with E-state index in [0.717, 1.165) is 11.4 Å². The van der Waals surface area contributed by atoms with Gasteiger partial charge in [-0.05, 0) is 12.1 Å². The Labute approximate surface area is 63.6 Å². The molecule has 0 saturated heterocycles. The Morgan fingerprint density at radius 3 is 2.90 bits per heavy atom. The van der Waals surface area contributed by atoms with Crippen molar-refractivity contribution < 1.29 is 0 Å². The van der Waals surface area contributed by atoms with Crippen molar-refractivity contribution in [3.63, 3.8) is 0 Å². The molecule has 0 saturated carbocycles. The molecule has 1 aliphatic rings. The summed E-state index contributed by atoms with van der Waals surface area (Å²) >= 11 is 5.70. The maximum atomic E-state index is 5.70. The molecule has 1 aromatic carbocycles. The van der Waals surface area contributed by atoms with Crippen LogP contribution in [0.15, 0.2) is 24.3 Å². The Morgan fingerprint density at radius 1 is 1.30 bits per heavy atom. The number of hydrogen-bond donors (Lipinski definition) is 2. The zero-order chi connectivity index (χ0) is 6.97. The van der Waals surface area contributed by atoms with Gasteiger partial charge in [0.1, 0.15) is 0 Å². The van der Waals surface area contributed by atoms with Crippen LogP contribution in [-0.4, -0.2) is 0 Å². The highest BCUT2D eigenvalue weighted by Gasteiger charge is 2.13. The fourth-order valence-corrected chi connectivity index (χ4v) is 1.11. The van der Waals surface area contributed by atoms with Gasteiger partial charge >= 0.3 is 0 Å². The van der Waals surface area contributed by atoms with Crippen molar-refractivity contribution in [1.29, 1.82) is 0 Å². The van der Waals surface area contributed by atoms with E-state index in [1.54, 1.807) is 0 Å². The van der Waals surface area contributed by atoms with Crippen LogP contribution in [0.25, 0.3) is 0 Å². The summed E-state index contributed by atoms with van der Waals surface area (Å²) < 4.78 is 1.41. The first-order valence-electron chi connectivity index (χ1n) is 2.94. The smallest absolute Gasteiger partial charge is 0.0969 e. The zero-order valence-corrected chi connectivity index (χ0v) is 5.89. The van der Waals surface area contributed by atoms with E-state index >= 15 is 0 Å². The summed E-state index contributed by atoms with van der Waals surface area (Å²) in [4.78, 5) is 0. The van der Waals surface area contributed by atoms with Gasteiger partial charge in [0.05, 0.1) is 11.4 Å². The molecule has 1 heterocycles. The average Bonchev–Trinajstić information content (AvgIpc) is 2.34. The first-order valence-corrected chi connectivity index (χ1v) is 3.28. The minimum Gasteiger partial charge on any atom is -0.301 e. The largest absolute Gasteiger partial charge is 0.301 e. The molecule has 1 aliphatic heterocycles. The van der Waals surface area contributed by atoms with E-state index in [4.69, 9.17) is 11.8 Å². The molecule has 1 aromatic rings. The third kappa shape index (κ3) is 0.716. The van der Waals surface area contributed by atoms with Crippen LogP contribution in [0, 0.1) is 0 Å². The molecule has 0 fully saturated rings. The van der Waals surface area contributed by atoms with E-state index in [9.17, 15) is 0 Å². The van der Waals surface area contributed by atoms with Crippen molar-refractivity contribution in [2.45, 2.75) is 0 Å². The summed E-state index contributed by atoms with van der Waals surface area (Å²) in [6.07, 6.45) is 0. The van der Waals surface area contributed by atoms with E-state index in [-0.39, 0.29) is 0 Å². The molecule has 2 N–H and O–H groups in total. The van der Waals surface area contributed by atoms with Crippen molar-refractivity contribution >= 4 is 23.2 Å². The van der Waals surface area contributed by atoms with E-state index in [1.165, 1.54) is 4.53 Å². The van der Waals surface area contributed by atoms with Gasteiger partial charge < -0.3 is 5.43 Å². The molecule has 2 rings (SSSR count). The van der Waals surface area contributed by atoms with Gasteiger partial charge in [-0.25, -0.2) is 0 Å². The molecule has 0 amide bonds. The summed E-state index contributed by atoms with van der Waals surface area (Å²) in [5.41, 5.74) is 7.57. The molecule has 0 atom stereocenters. The lowest BCUT2D eigenvalue weighted by Gasteiger charge is -2.03. The molecular formula is C6H6ClN3. The van der Waals surface area contributed by atoms with Gasteiger partial charge in [0.25, 0.3) is 0 Å². The average molecular weight is 156 g/mol. The van der Waals surface area contributed by atoms with Crippen molar-refractivity contribution in [2.75, 3.05) is 9.95 Å². The number of benzene rings is 1. The Bertz CT molecular complexity index is 251. The lowest BCUT2D eigenvalue weighted by atomic mass is 10.3. The number of nitrogens with one attached hydrogen (secondary N) is 2. The van der Waals surface area contributed by atoms with Crippen molar-refractivity contribution in [2.24, 2.45) is 0 Å². The topological polar surface area (TPSA) is 27.3 Å². The second kappa shape index (κ2) is 2.04. The van der Waals surface area contributed by atoms with E-state index in [1.807, 2.05) is 24.3 Å². The lowest BCUT2D eigenvalue weighted by Crippen LogP contribution is -2.26. The first kappa shape index (κ1) is 5.82. The third-order valence-electron chi connectivity index (χ3n) is 1.40. The van der Waals surface area contributed by atoms with Crippen LogP contribution in [0.4, 0.5) is 11.4 Å². The van der Waals surface area contributed by atoms with E-state index in [2.05, 4.69) is 11.0 Å². The summed E-state index contributed by atoms with van der Waals surface area (Å²) in [5, 5.41) is 0. The molecule has 0 bridgehead atoms. The van der Waals surface area contributed by atoms with Gasteiger partial charge in [0, 0.05) is 11.8 Å². The number of nitrogens with zero attached hydrogens (tertiary/aromatic N) is 1. The third-order valence-corrected chi connectivity index (χ3v) is 1.67. The minimum atomic E-state index is 0.948. The second-order valence-corrected chi connectivity index (χ2v) is 2.37. The highest BCUT2D eigenvalue weighted by atomic mass is 35.5. The Morgan fingerprint density at radius 2 is 2.10 bits per heavy atom. The minimum absolute atomic E-state index is 0.948.